The molecule has 1 rings (SSSR count). The molecule has 0 N–H and O–H groups in total. The van der Waals surface area contributed by atoms with Crippen LogP contribution >= 0.6 is 0 Å². The van der Waals surface area contributed by atoms with Gasteiger partial charge in [-0.2, -0.15) is 21.6 Å². The molecular weight excluding hydrogens is 289 g/mol. The summed E-state index contributed by atoms with van der Waals surface area (Å²) in [7, 11) is -5.59. The molecule has 0 aliphatic heterocycles. The van der Waals surface area contributed by atoms with E-state index in [4.69, 9.17) is 4.74 Å². The lowest BCUT2D eigenvalue weighted by Crippen LogP contribution is -2.27. The van der Waals surface area contributed by atoms with Crippen LogP contribution in [0.2, 0.25) is 0 Å². The Balaban J connectivity index is 2.41. The van der Waals surface area contributed by atoms with E-state index in [2.05, 4.69) is 4.18 Å². The van der Waals surface area contributed by atoms with Crippen molar-refractivity contribution >= 4 is 16.4 Å². The van der Waals surface area contributed by atoms with E-state index in [1.807, 2.05) is 0 Å². The van der Waals surface area contributed by atoms with Crippen molar-refractivity contribution in [3.8, 4) is 5.75 Å². The summed E-state index contributed by atoms with van der Waals surface area (Å²) in [6.07, 6.45) is 0.614. The topological polar surface area (TPSA) is 69.7 Å². The first-order valence-electron chi connectivity index (χ1n) is 4.90. The smallest absolute Gasteiger partial charge is 0.491 e. The lowest BCUT2D eigenvalue weighted by Gasteiger charge is -2.09. The van der Waals surface area contributed by atoms with Crippen molar-refractivity contribution in [1.29, 1.82) is 0 Å². The average molecular weight is 298 g/mol. The van der Waals surface area contributed by atoms with E-state index in [0.29, 0.717) is 11.8 Å². The van der Waals surface area contributed by atoms with Crippen molar-refractivity contribution in [2.45, 2.75) is 5.51 Å². The molecule has 106 valence electrons. The fraction of sp³-hybridized carbons (Fsp3) is 0.300. The van der Waals surface area contributed by atoms with E-state index >= 15 is 0 Å². The second-order valence-electron chi connectivity index (χ2n) is 3.26. The fourth-order valence-corrected chi connectivity index (χ4v) is 1.43. The summed E-state index contributed by atoms with van der Waals surface area (Å²) in [4.78, 5) is 10.3. The van der Waals surface area contributed by atoms with Crippen LogP contribution in [0.1, 0.15) is 10.4 Å². The zero-order valence-corrected chi connectivity index (χ0v) is 10.2. The molecule has 0 saturated heterocycles. The SMILES string of the molecule is O=Cc1ccc(OCCOS(=O)(=O)C(F)(F)F)cc1. The zero-order chi connectivity index (χ0) is 14.5. The van der Waals surface area contributed by atoms with Crippen LogP contribution in [0.15, 0.2) is 24.3 Å². The molecule has 0 heterocycles. The third-order valence-corrected chi connectivity index (χ3v) is 2.93. The highest BCUT2D eigenvalue weighted by molar-refractivity contribution is 7.87. The van der Waals surface area contributed by atoms with Crippen molar-refractivity contribution in [3.63, 3.8) is 0 Å². The molecule has 1 aromatic carbocycles. The molecular formula is C10H9F3O5S. The van der Waals surface area contributed by atoms with Gasteiger partial charge in [0.1, 0.15) is 25.2 Å². The number of hydrogen-bond acceptors (Lipinski definition) is 5. The molecule has 0 radical (unpaired) electrons. The van der Waals surface area contributed by atoms with Gasteiger partial charge in [-0.3, -0.25) is 8.98 Å². The number of aldehydes is 1. The maximum atomic E-state index is 11.9. The first-order chi connectivity index (χ1) is 8.76. The minimum Gasteiger partial charge on any atom is -0.491 e. The second-order valence-corrected chi connectivity index (χ2v) is 4.86. The van der Waals surface area contributed by atoms with Crippen LogP contribution in [0.3, 0.4) is 0 Å². The lowest BCUT2D eigenvalue weighted by atomic mass is 10.2. The quantitative estimate of drug-likeness (QED) is 0.346. The Hall–Kier alpha value is -1.61. The van der Waals surface area contributed by atoms with Crippen molar-refractivity contribution in [2.75, 3.05) is 13.2 Å². The second kappa shape index (κ2) is 6.02. The standard InChI is InChI=1S/C10H9F3O5S/c11-10(12,13)19(15,16)18-6-5-17-9-3-1-8(7-14)2-4-9/h1-4,7H,5-6H2. The van der Waals surface area contributed by atoms with Gasteiger partial charge >= 0.3 is 15.6 Å². The maximum Gasteiger partial charge on any atom is 0.523 e. The van der Waals surface area contributed by atoms with Gasteiger partial charge in [-0.1, -0.05) is 0 Å². The Labute approximate surface area is 107 Å². The fourth-order valence-electron chi connectivity index (χ4n) is 1.01. The Kier molecular flexibility index (Phi) is 4.90. The van der Waals surface area contributed by atoms with Gasteiger partial charge in [0.05, 0.1) is 0 Å². The summed E-state index contributed by atoms with van der Waals surface area (Å²) in [5.74, 6) is 0.276. The van der Waals surface area contributed by atoms with Crippen molar-refractivity contribution < 1.29 is 35.3 Å². The Bertz CT molecular complexity index is 521. The van der Waals surface area contributed by atoms with Crippen LogP contribution in [0, 0.1) is 0 Å². The van der Waals surface area contributed by atoms with E-state index < -0.39 is 22.2 Å². The largest absolute Gasteiger partial charge is 0.523 e. The average Bonchev–Trinajstić information content (AvgIpc) is 2.34. The lowest BCUT2D eigenvalue weighted by molar-refractivity contribution is -0.0547. The third-order valence-electron chi connectivity index (χ3n) is 1.89. The number of carbonyl (C=O) groups excluding carboxylic acids is 1. The van der Waals surface area contributed by atoms with E-state index in [-0.39, 0.29) is 12.4 Å². The van der Waals surface area contributed by atoms with Gasteiger partial charge in [0, 0.05) is 5.56 Å². The van der Waals surface area contributed by atoms with E-state index in [1.54, 1.807) is 0 Å². The number of ether oxygens (including phenoxy) is 1. The van der Waals surface area contributed by atoms with Crippen molar-refractivity contribution in [1.82, 2.24) is 0 Å². The Morgan fingerprint density at radius 3 is 2.16 bits per heavy atom. The molecule has 0 unspecified atom stereocenters. The number of rotatable bonds is 6. The van der Waals surface area contributed by atoms with Crippen molar-refractivity contribution in [2.24, 2.45) is 0 Å². The molecule has 0 saturated carbocycles. The third kappa shape index (κ3) is 4.52. The summed E-state index contributed by atoms with van der Waals surface area (Å²) in [6, 6.07) is 5.72. The molecule has 19 heavy (non-hydrogen) atoms. The van der Waals surface area contributed by atoms with Gasteiger partial charge in [-0.15, -0.1) is 0 Å². The highest BCUT2D eigenvalue weighted by atomic mass is 32.2. The first kappa shape index (κ1) is 15.4. The molecule has 0 atom stereocenters. The molecule has 0 aromatic heterocycles. The molecule has 0 aliphatic rings. The van der Waals surface area contributed by atoms with E-state index in [0.717, 1.165) is 0 Å². The minimum absolute atomic E-state index is 0.276. The molecule has 0 bridgehead atoms. The minimum atomic E-state index is -5.59. The van der Waals surface area contributed by atoms with Gasteiger partial charge in [0.2, 0.25) is 0 Å². The van der Waals surface area contributed by atoms with Gasteiger partial charge < -0.3 is 4.74 Å². The van der Waals surface area contributed by atoms with Gasteiger partial charge in [-0.05, 0) is 24.3 Å². The highest BCUT2D eigenvalue weighted by Crippen LogP contribution is 2.24. The highest BCUT2D eigenvalue weighted by Gasteiger charge is 2.47. The number of carbonyl (C=O) groups is 1. The summed E-state index contributed by atoms with van der Waals surface area (Å²) in [5, 5.41) is 0. The summed E-state index contributed by atoms with van der Waals surface area (Å²) in [6.45, 7) is -1.15. The number of halogens is 3. The number of hydrogen-bond donors (Lipinski definition) is 0. The molecule has 0 amide bonds. The molecule has 0 aliphatic carbocycles. The molecule has 0 fully saturated rings. The van der Waals surface area contributed by atoms with Crippen LogP contribution in [0.5, 0.6) is 5.75 Å². The van der Waals surface area contributed by atoms with E-state index in [1.165, 1.54) is 24.3 Å². The number of alkyl halides is 3. The van der Waals surface area contributed by atoms with Crippen molar-refractivity contribution in [3.05, 3.63) is 29.8 Å². The van der Waals surface area contributed by atoms with Gasteiger partial charge in [0.15, 0.2) is 0 Å². The normalized spacial score (nSPS) is 12.2. The van der Waals surface area contributed by atoms with Crippen LogP contribution in [0.4, 0.5) is 13.2 Å². The molecule has 5 nitrogen and oxygen atoms in total. The summed E-state index contributed by atoms with van der Waals surface area (Å²) < 4.78 is 65.3. The maximum absolute atomic E-state index is 11.9. The number of benzene rings is 1. The predicted octanol–water partition coefficient (Wildman–Crippen LogP) is 1.74. The Morgan fingerprint density at radius 1 is 1.11 bits per heavy atom. The van der Waals surface area contributed by atoms with Gasteiger partial charge in [-0.25, -0.2) is 0 Å². The van der Waals surface area contributed by atoms with Crippen LogP contribution < -0.4 is 4.74 Å². The molecule has 1 aromatic rings. The van der Waals surface area contributed by atoms with Crippen LogP contribution in [0.25, 0.3) is 0 Å². The monoisotopic (exact) mass is 298 g/mol. The molecule has 0 spiro atoms. The van der Waals surface area contributed by atoms with E-state index in [9.17, 15) is 26.4 Å². The summed E-state index contributed by atoms with van der Waals surface area (Å²) >= 11 is 0. The summed E-state index contributed by atoms with van der Waals surface area (Å²) in [5.41, 5.74) is -5.04. The molecule has 9 heteroatoms. The first-order valence-corrected chi connectivity index (χ1v) is 6.31. The Morgan fingerprint density at radius 2 is 1.68 bits per heavy atom. The zero-order valence-electron chi connectivity index (χ0n) is 9.38. The van der Waals surface area contributed by atoms with Crippen LogP contribution in [-0.4, -0.2) is 33.4 Å². The van der Waals surface area contributed by atoms with Gasteiger partial charge in [0.25, 0.3) is 0 Å². The van der Waals surface area contributed by atoms with Crippen LogP contribution in [-0.2, 0) is 14.3 Å². The predicted molar refractivity (Wildman–Crippen MR) is 58.3 cm³/mol.